The Morgan fingerprint density at radius 2 is 1.88 bits per heavy atom. The number of benzene rings is 2. The maximum atomic E-state index is 12.8. The zero-order valence-corrected chi connectivity index (χ0v) is 20.1. The number of nitrogens with zero attached hydrogens (tertiary/aromatic N) is 5. The number of carbonyl (C=O) groups excluding carboxylic acids is 1. The lowest BCUT2D eigenvalue weighted by atomic mass is 10.1. The van der Waals surface area contributed by atoms with E-state index in [-0.39, 0.29) is 11.7 Å². The average molecular weight is 471 g/mol. The summed E-state index contributed by atoms with van der Waals surface area (Å²) in [5.41, 5.74) is 5.14. The topological polar surface area (TPSA) is 66.3 Å². The van der Waals surface area contributed by atoms with Gasteiger partial charge in [0.2, 0.25) is 5.91 Å². The van der Waals surface area contributed by atoms with Crippen molar-refractivity contribution in [1.82, 2.24) is 19.7 Å². The minimum Gasteiger partial charge on any atom is -0.367 e. The fraction of sp³-hybridized carbons (Fsp3) is 0.348. The summed E-state index contributed by atoms with van der Waals surface area (Å²) in [7, 11) is 2.12. The first-order valence-electron chi connectivity index (χ1n) is 10.5. The molecule has 7 nitrogen and oxygen atoms in total. The molecular formula is C23H27ClN6OS. The van der Waals surface area contributed by atoms with E-state index < -0.39 is 0 Å². The number of anilines is 2. The third kappa shape index (κ3) is 5.26. The number of piperazine rings is 1. The number of nitrogens with one attached hydrogen (secondary N) is 1. The molecule has 0 spiro atoms. The average Bonchev–Trinajstić information content (AvgIpc) is 3.24. The number of thioether (sulfide) groups is 1. The van der Waals surface area contributed by atoms with Crippen LogP contribution in [0.4, 0.5) is 11.4 Å². The Kier molecular flexibility index (Phi) is 7.03. The number of aryl methyl sites for hydroxylation is 2. The van der Waals surface area contributed by atoms with E-state index in [0.29, 0.717) is 10.2 Å². The number of aromatic nitrogens is 3. The van der Waals surface area contributed by atoms with Crippen molar-refractivity contribution in [3.05, 3.63) is 58.9 Å². The van der Waals surface area contributed by atoms with Crippen LogP contribution in [0.5, 0.6) is 0 Å². The molecule has 1 saturated heterocycles. The van der Waals surface area contributed by atoms with Gasteiger partial charge in [-0.3, -0.25) is 9.36 Å². The minimum absolute atomic E-state index is 0.109. The fourth-order valence-electron chi connectivity index (χ4n) is 3.62. The number of hydrogen-bond donors (Lipinski definition) is 1. The first kappa shape index (κ1) is 22.6. The van der Waals surface area contributed by atoms with Crippen LogP contribution < -0.4 is 10.2 Å². The summed E-state index contributed by atoms with van der Waals surface area (Å²) in [6, 6.07) is 11.9. The molecule has 1 aliphatic heterocycles. The number of halogens is 1. The number of likely N-dealkylation sites (N-methyl/N-ethyl adjacent to an activating group) is 1. The molecule has 4 rings (SSSR count). The second kappa shape index (κ2) is 9.94. The Morgan fingerprint density at radius 1 is 1.09 bits per heavy atom. The van der Waals surface area contributed by atoms with E-state index in [2.05, 4.69) is 58.3 Å². The van der Waals surface area contributed by atoms with Gasteiger partial charge in [0.15, 0.2) is 5.16 Å². The van der Waals surface area contributed by atoms with E-state index in [1.54, 1.807) is 6.33 Å². The fourth-order valence-corrected chi connectivity index (χ4v) is 4.52. The SMILES string of the molecule is Cc1ccc(-n2cnnc2SCC(=O)Nc2cc(Cl)ccc2N2CCN(C)CC2)cc1C. The normalized spacial score (nSPS) is 14.6. The molecule has 3 aromatic rings. The van der Waals surface area contributed by atoms with Crippen molar-refractivity contribution in [2.24, 2.45) is 0 Å². The highest BCUT2D eigenvalue weighted by Gasteiger charge is 2.19. The van der Waals surface area contributed by atoms with Gasteiger partial charge in [0, 0.05) is 36.9 Å². The van der Waals surface area contributed by atoms with Gasteiger partial charge in [-0.25, -0.2) is 0 Å². The van der Waals surface area contributed by atoms with E-state index in [9.17, 15) is 4.79 Å². The predicted octanol–water partition coefficient (Wildman–Crippen LogP) is 4.02. The lowest BCUT2D eigenvalue weighted by Gasteiger charge is -2.35. The second-order valence-corrected chi connectivity index (χ2v) is 9.42. The van der Waals surface area contributed by atoms with Crippen LogP contribution in [0.3, 0.4) is 0 Å². The molecule has 0 saturated carbocycles. The highest BCUT2D eigenvalue weighted by atomic mass is 35.5. The predicted molar refractivity (Wildman–Crippen MR) is 131 cm³/mol. The summed E-state index contributed by atoms with van der Waals surface area (Å²) >= 11 is 7.58. The zero-order valence-electron chi connectivity index (χ0n) is 18.5. The number of rotatable bonds is 6. The molecule has 9 heteroatoms. The molecule has 1 aromatic heterocycles. The number of carbonyl (C=O) groups is 1. The summed E-state index contributed by atoms with van der Waals surface area (Å²) in [6.45, 7) is 7.95. The first-order valence-corrected chi connectivity index (χ1v) is 11.9. The van der Waals surface area contributed by atoms with E-state index >= 15 is 0 Å². The monoisotopic (exact) mass is 470 g/mol. The Hall–Kier alpha value is -2.55. The summed E-state index contributed by atoms with van der Waals surface area (Å²) in [4.78, 5) is 17.4. The van der Waals surface area contributed by atoms with Crippen LogP contribution in [0.25, 0.3) is 5.69 Å². The van der Waals surface area contributed by atoms with Crippen LogP contribution in [-0.2, 0) is 4.79 Å². The van der Waals surface area contributed by atoms with Gasteiger partial charge in [-0.1, -0.05) is 29.4 Å². The zero-order chi connectivity index (χ0) is 22.7. The molecular weight excluding hydrogens is 444 g/mol. The van der Waals surface area contributed by atoms with Crippen LogP contribution in [0.2, 0.25) is 5.02 Å². The molecule has 32 heavy (non-hydrogen) atoms. The standard InChI is InChI=1S/C23H27ClN6OS/c1-16-4-6-19(12-17(16)2)30-15-25-27-23(30)32-14-22(31)26-20-13-18(24)5-7-21(20)29-10-8-28(3)9-11-29/h4-7,12-13,15H,8-11,14H2,1-3H3,(H,26,31). The smallest absolute Gasteiger partial charge is 0.234 e. The molecule has 0 radical (unpaired) electrons. The molecule has 1 aliphatic rings. The Balaban J connectivity index is 1.44. The highest BCUT2D eigenvalue weighted by molar-refractivity contribution is 7.99. The molecule has 0 aliphatic carbocycles. The summed E-state index contributed by atoms with van der Waals surface area (Å²) in [6.07, 6.45) is 1.67. The molecule has 168 valence electrons. The molecule has 1 fully saturated rings. The van der Waals surface area contributed by atoms with Crippen LogP contribution in [0.15, 0.2) is 47.9 Å². The van der Waals surface area contributed by atoms with Gasteiger partial charge in [0.1, 0.15) is 6.33 Å². The quantitative estimate of drug-likeness (QED) is 0.549. The first-order chi connectivity index (χ1) is 15.4. The minimum atomic E-state index is -0.109. The maximum Gasteiger partial charge on any atom is 0.234 e. The van der Waals surface area contributed by atoms with Gasteiger partial charge in [-0.15, -0.1) is 10.2 Å². The molecule has 2 heterocycles. The Morgan fingerprint density at radius 3 is 2.62 bits per heavy atom. The molecule has 2 aromatic carbocycles. The third-order valence-corrected chi connectivity index (χ3v) is 6.87. The van der Waals surface area contributed by atoms with E-state index in [0.717, 1.165) is 43.2 Å². The largest absolute Gasteiger partial charge is 0.367 e. The van der Waals surface area contributed by atoms with Gasteiger partial charge in [-0.2, -0.15) is 0 Å². The lowest BCUT2D eigenvalue weighted by molar-refractivity contribution is -0.113. The second-order valence-electron chi connectivity index (χ2n) is 8.04. The van der Waals surface area contributed by atoms with Gasteiger partial charge in [-0.05, 0) is 62.4 Å². The lowest BCUT2D eigenvalue weighted by Crippen LogP contribution is -2.44. The molecule has 0 bridgehead atoms. The van der Waals surface area contributed by atoms with Crippen molar-refractivity contribution >= 4 is 40.6 Å². The highest BCUT2D eigenvalue weighted by Crippen LogP contribution is 2.30. The van der Waals surface area contributed by atoms with Crippen LogP contribution >= 0.6 is 23.4 Å². The van der Waals surface area contributed by atoms with Crippen molar-refractivity contribution < 1.29 is 4.79 Å². The van der Waals surface area contributed by atoms with Crippen molar-refractivity contribution in [3.63, 3.8) is 0 Å². The number of amides is 1. The number of hydrogen-bond acceptors (Lipinski definition) is 6. The van der Waals surface area contributed by atoms with E-state index in [1.807, 2.05) is 28.8 Å². The van der Waals surface area contributed by atoms with Crippen molar-refractivity contribution in [2.45, 2.75) is 19.0 Å². The summed E-state index contributed by atoms with van der Waals surface area (Å²) in [5, 5.41) is 12.5. The van der Waals surface area contributed by atoms with Gasteiger partial charge in [0.05, 0.1) is 17.1 Å². The van der Waals surface area contributed by atoms with E-state index in [1.165, 1.54) is 22.9 Å². The van der Waals surface area contributed by atoms with E-state index in [4.69, 9.17) is 11.6 Å². The van der Waals surface area contributed by atoms with Crippen molar-refractivity contribution in [2.75, 3.05) is 49.2 Å². The van der Waals surface area contributed by atoms with Crippen molar-refractivity contribution in [3.8, 4) is 5.69 Å². The Labute approximate surface area is 197 Å². The maximum absolute atomic E-state index is 12.8. The molecule has 1 N–H and O–H groups in total. The van der Waals surface area contributed by atoms with Crippen LogP contribution in [0.1, 0.15) is 11.1 Å². The Bertz CT molecular complexity index is 1110. The van der Waals surface area contributed by atoms with Crippen LogP contribution in [-0.4, -0.2) is 64.6 Å². The summed E-state index contributed by atoms with van der Waals surface area (Å²) < 4.78 is 1.90. The van der Waals surface area contributed by atoms with Gasteiger partial charge in [0.25, 0.3) is 0 Å². The van der Waals surface area contributed by atoms with Crippen molar-refractivity contribution in [1.29, 1.82) is 0 Å². The summed E-state index contributed by atoms with van der Waals surface area (Å²) in [5.74, 6) is 0.111. The molecule has 0 unspecified atom stereocenters. The van der Waals surface area contributed by atoms with Crippen LogP contribution in [0, 0.1) is 13.8 Å². The molecule has 0 atom stereocenters. The van der Waals surface area contributed by atoms with Gasteiger partial charge >= 0.3 is 0 Å². The third-order valence-electron chi connectivity index (χ3n) is 5.69. The molecule has 1 amide bonds. The van der Waals surface area contributed by atoms with Gasteiger partial charge < -0.3 is 15.1 Å².